The summed E-state index contributed by atoms with van der Waals surface area (Å²) in [6, 6.07) is 5.89. The molecule has 4 nitrogen and oxygen atoms in total. The molecule has 1 aliphatic heterocycles. The maximum absolute atomic E-state index is 9.85. The number of nitrogens with two attached hydrogens (primary N) is 1. The van der Waals surface area contributed by atoms with E-state index in [1.165, 1.54) is 12.8 Å². The summed E-state index contributed by atoms with van der Waals surface area (Å²) < 4.78 is 0. The van der Waals surface area contributed by atoms with Crippen molar-refractivity contribution in [2.45, 2.75) is 25.4 Å². The Kier molecular flexibility index (Phi) is 4.09. The highest BCUT2D eigenvalue weighted by Gasteiger charge is 2.21. The van der Waals surface area contributed by atoms with E-state index in [9.17, 15) is 5.11 Å². The van der Waals surface area contributed by atoms with Crippen LogP contribution in [-0.2, 0) is 6.54 Å². The number of benzene rings is 1. The van der Waals surface area contributed by atoms with Crippen LogP contribution in [0.1, 0.15) is 18.4 Å². The van der Waals surface area contributed by atoms with Crippen LogP contribution < -0.4 is 5.73 Å². The smallest absolute Gasteiger partial charge is 0.120 e. The van der Waals surface area contributed by atoms with Gasteiger partial charge in [-0.15, -0.1) is 0 Å². The molecule has 1 saturated heterocycles. The number of rotatable bonds is 3. The Balaban J connectivity index is 2.02. The topological polar surface area (TPSA) is 52.7 Å². The molecule has 1 heterocycles. The Hall–Kier alpha value is -1.26. The monoisotopic (exact) mass is 249 g/mol. The number of hydrogen-bond acceptors (Lipinski definition) is 4. The molecule has 0 aliphatic carbocycles. The van der Waals surface area contributed by atoms with Gasteiger partial charge in [0.05, 0.1) is 0 Å². The maximum atomic E-state index is 9.85. The zero-order valence-corrected chi connectivity index (χ0v) is 11.3. The number of nitrogens with zero attached hydrogens (tertiary/aromatic N) is 2. The minimum absolute atomic E-state index is 0.344. The summed E-state index contributed by atoms with van der Waals surface area (Å²) in [7, 11) is 4.26. The molecule has 0 radical (unpaired) electrons. The number of phenols is 1. The van der Waals surface area contributed by atoms with Gasteiger partial charge in [-0.1, -0.05) is 0 Å². The van der Waals surface area contributed by atoms with E-state index in [-0.39, 0.29) is 0 Å². The average molecular weight is 249 g/mol. The van der Waals surface area contributed by atoms with Gasteiger partial charge in [-0.2, -0.15) is 0 Å². The van der Waals surface area contributed by atoms with Crippen LogP contribution in [-0.4, -0.2) is 48.1 Å². The van der Waals surface area contributed by atoms with E-state index in [0.29, 0.717) is 17.5 Å². The second-order valence-corrected chi connectivity index (χ2v) is 5.38. The highest BCUT2D eigenvalue weighted by molar-refractivity contribution is 5.47. The van der Waals surface area contributed by atoms with E-state index < -0.39 is 0 Å². The first-order valence-corrected chi connectivity index (χ1v) is 6.52. The number of aromatic hydroxyl groups is 1. The first kappa shape index (κ1) is 13.2. The summed E-state index contributed by atoms with van der Waals surface area (Å²) in [5.74, 6) is 0.344. The number of nitrogen functional groups attached to an aromatic ring is 1. The van der Waals surface area contributed by atoms with Crippen molar-refractivity contribution >= 4 is 5.69 Å². The van der Waals surface area contributed by atoms with Crippen LogP contribution in [0.2, 0.25) is 0 Å². The van der Waals surface area contributed by atoms with Crippen molar-refractivity contribution in [2.24, 2.45) is 0 Å². The molecule has 1 aromatic carbocycles. The van der Waals surface area contributed by atoms with Crippen LogP contribution in [0, 0.1) is 0 Å². The summed E-state index contributed by atoms with van der Waals surface area (Å²) in [4.78, 5) is 4.67. The lowest BCUT2D eigenvalue weighted by Crippen LogP contribution is -2.44. The van der Waals surface area contributed by atoms with Crippen LogP contribution in [0.5, 0.6) is 5.75 Å². The van der Waals surface area contributed by atoms with Gasteiger partial charge in [-0.05, 0) is 51.7 Å². The van der Waals surface area contributed by atoms with Gasteiger partial charge in [0, 0.05) is 30.4 Å². The zero-order chi connectivity index (χ0) is 13.1. The van der Waals surface area contributed by atoms with Gasteiger partial charge in [0.2, 0.25) is 0 Å². The molecular formula is C14H23N3O. The fourth-order valence-electron chi connectivity index (χ4n) is 2.57. The fraction of sp³-hybridized carbons (Fsp3) is 0.571. The molecule has 100 valence electrons. The fourth-order valence-corrected chi connectivity index (χ4v) is 2.57. The SMILES string of the molecule is CN(C)C1CCCN(Cc2cc(N)ccc2O)C1. The quantitative estimate of drug-likeness (QED) is 0.629. The third kappa shape index (κ3) is 3.15. The number of hydrogen-bond donors (Lipinski definition) is 2. The van der Waals surface area contributed by atoms with Crippen molar-refractivity contribution in [3.63, 3.8) is 0 Å². The predicted octanol–water partition coefficient (Wildman–Crippen LogP) is 1.50. The average Bonchev–Trinajstić information content (AvgIpc) is 2.34. The first-order valence-electron chi connectivity index (χ1n) is 6.52. The number of likely N-dealkylation sites (N-methyl/N-ethyl adjacent to an activating group) is 1. The highest BCUT2D eigenvalue weighted by Crippen LogP contribution is 2.23. The molecule has 1 atom stereocenters. The lowest BCUT2D eigenvalue weighted by atomic mass is 10.0. The van der Waals surface area contributed by atoms with Gasteiger partial charge in [-0.25, -0.2) is 0 Å². The van der Waals surface area contributed by atoms with Crippen molar-refractivity contribution in [3.05, 3.63) is 23.8 Å². The molecule has 0 amide bonds. The standard InChI is InChI=1S/C14H23N3O/c1-16(2)13-4-3-7-17(10-13)9-11-8-12(15)5-6-14(11)18/h5-6,8,13,18H,3-4,7,9-10,15H2,1-2H3. The van der Waals surface area contributed by atoms with Gasteiger partial charge in [0.25, 0.3) is 0 Å². The number of piperidine rings is 1. The summed E-state index contributed by atoms with van der Waals surface area (Å²) in [5, 5.41) is 9.85. The lowest BCUT2D eigenvalue weighted by Gasteiger charge is -2.36. The van der Waals surface area contributed by atoms with Gasteiger partial charge >= 0.3 is 0 Å². The van der Waals surface area contributed by atoms with E-state index in [2.05, 4.69) is 23.9 Å². The Morgan fingerprint density at radius 3 is 2.94 bits per heavy atom. The first-order chi connectivity index (χ1) is 8.56. The lowest BCUT2D eigenvalue weighted by molar-refractivity contribution is 0.127. The zero-order valence-electron chi connectivity index (χ0n) is 11.3. The molecule has 1 fully saturated rings. The molecule has 0 bridgehead atoms. The third-order valence-corrected chi connectivity index (χ3v) is 3.71. The normalized spacial score (nSPS) is 21.4. The van der Waals surface area contributed by atoms with Crippen LogP contribution in [0.3, 0.4) is 0 Å². The van der Waals surface area contributed by atoms with Crippen molar-refractivity contribution in [1.29, 1.82) is 0 Å². The van der Waals surface area contributed by atoms with Crippen LogP contribution >= 0.6 is 0 Å². The Labute approximate surface area is 109 Å². The van der Waals surface area contributed by atoms with Gasteiger partial charge in [-0.3, -0.25) is 4.90 Å². The van der Waals surface area contributed by atoms with Crippen molar-refractivity contribution < 1.29 is 5.11 Å². The molecule has 4 heteroatoms. The molecule has 1 aliphatic rings. The molecular weight excluding hydrogens is 226 g/mol. The van der Waals surface area contributed by atoms with Crippen molar-refractivity contribution in [2.75, 3.05) is 32.9 Å². The molecule has 1 aromatic rings. The van der Waals surface area contributed by atoms with Crippen LogP contribution in [0.4, 0.5) is 5.69 Å². The molecule has 0 spiro atoms. The minimum atomic E-state index is 0.344. The Bertz CT molecular complexity index is 406. The van der Waals surface area contributed by atoms with Gasteiger partial charge in [0.15, 0.2) is 0 Å². The van der Waals surface area contributed by atoms with E-state index in [4.69, 9.17) is 5.73 Å². The summed E-state index contributed by atoms with van der Waals surface area (Å²) >= 11 is 0. The molecule has 3 N–H and O–H groups in total. The largest absolute Gasteiger partial charge is 0.508 e. The van der Waals surface area contributed by atoms with E-state index in [1.807, 2.05) is 6.07 Å². The number of anilines is 1. The number of likely N-dealkylation sites (tertiary alicyclic amines) is 1. The van der Waals surface area contributed by atoms with E-state index >= 15 is 0 Å². The summed E-state index contributed by atoms with van der Waals surface area (Å²) in [6.45, 7) is 2.93. The summed E-state index contributed by atoms with van der Waals surface area (Å²) in [5.41, 5.74) is 7.41. The van der Waals surface area contributed by atoms with Crippen molar-refractivity contribution in [3.8, 4) is 5.75 Å². The number of phenolic OH excluding ortho intramolecular Hbond substituents is 1. The molecule has 18 heavy (non-hydrogen) atoms. The van der Waals surface area contributed by atoms with Crippen molar-refractivity contribution in [1.82, 2.24) is 9.80 Å². The molecule has 1 unspecified atom stereocenters. The maximum Gasteiger partial charge on any atom is 0.120 e. The third-order valence-electron chi connectivity index (χ3n) is 3.71. The predicted molar refractivity (Wildman–Crippen MR) is 74.5 cm³/mol. The van der Waals surface area contributed by atoms with Gasteiger partial charge < -0.3 is 15.7 Å². The Morgan fingerprint density at radius 1 is 1.44 bits per heavy atom. The van der Waals surface area contributed by atoms with E-state index in [0.717, 1.165) is 25.2 Å². The molecule has 0 aromatic heterocycles. The molecule has 2 rings (SSSR count). The molecule has 0 saturated carbocycles. The minimum Gasteiger partial charge on any atom is -0.508 e. The van der Waals surface area contributed by atoms with Gasteiger partial charge in [0.1, 0.15) is 5.75 Å². The van der Waals surface area contributed by atoms with Crippen LogP contribution in [0.15, 0.2) is 18.2 Å². The highest BCUT2D eigenvalue weighted by atomic mass is 16.3. The Morgan fingerprint density at radius 2 is 2.22 bits per heavy atom. The second kappa shape index (κ2) is 5.59. The van der Waals surface area contributed by atoms with Crippen LogP contribution in [0.25, 0.3) is 0 Å². The second-order valence-electron chi connectivity index (χ2n) is 5.38. The van der Waals surface area contributed by atoms with E-state index in [1.54, 1.807) is 12.1 Å². The summed E-state index contributed by atoms with van der Waals surface area (Å²) in [6.07, 6.45) is 2.47.